The lowest BCUT2D eigenvalue weighted by Gasteiger charge is -2.10. The van der Waals surface area contributed by atoms with Gasteiger partial charge in [0.05, 0.1) is 24.3 Å². The molecule has 98 valence electrons. The molecule has 1 aromatic heterocycles. The number of hydrogen-bond donors (Lipinski definition) is 1. The Morgan fingerprint density at radius 2 is 2.05 bits per heavy atom. The maximum atomic E-state index is 12.1. The number of esters is 1. The van der Waals surface area contributed by atoms with Gasteiger partial charge in [-0.2, -0.15) is 0 Å². The van der Waals surface area contributed by atoms with Crippen molar-refractivity contribution < 1.29 is 19.4 Å². The molecule has 0 aliphatic carbocycles. The summed E-state index contributed by atoms with van der Waals surface area (Å²) in [4.78, 5) is 37.1. The zero-order chi connectivity index (χ0) is 14.2. The van der Waals surface area contributed by atoms with Crippen LogP contribution in [0.15, 0.2) is 23.0 Å². The summed E-state index contributed by atoms with van der Waals surface area (Å²) >= 11 is 5.76. The van der Waals surface area contributed by atoms with E-state index in [1.807, 2.05) is 0 Å². The van der Waals surface area contributed by atoms with Crippen molar-refractivity contribution in [2.24, 2.45) is 0 Å². The van der Waals surface area contributed by atoms with Gasteiger partial charge in [0.1, 0.15) is 5.56 Å². The van der Waals surface area contributed by atoms with Crippen molar-refractivity contribution in [3.05, 3.63) is 44.7 Å². The summed E-state index contributed by atoms with van der Waals surface area (Å²) in [7, 11) is 1.05. The molecule has 6 nitrogen and oxygen atoms in total. The lowest BCUT2D eigenvalue weighted by molar-refractivity contribution is -0.255. The molecule has 1 heterocycles. The van der Waals surface area contributed by atoms with Crippen LogP contribution in [0, 0.1) is 0 Å². The van der Waals surface area contributed by atoms with Crippen LogP contribution in [0.1, 0.15) is 20.8 Å². The second-order valence-corrected chi connectivity index (χ2v) is 4.11. The van der Waals surface area contributed by atoms with Gasteiger partial charge in [-0.05, 0) is 18.2 Å². The fourth-order valence-corrected chi connectivity index (χ4v) is 1.89. The minimum atomic E-state index is -1.68. The van der Waals surface area contributed by atoms with Crippen LogP contribution in [-0.4, -0.2) is 24.0 Å². The van der Waals surface area contributed by atoms with Crippen LogP contribution in [0.4, 0.5) is 0 Å². The first-order valence-corrected chi connectivity index (χ1v) is 5.48. The van der Waals surface area contributed by atoms with E-state index in [2.05, 4.69) is 9.72 Å². The van der Waals surface area contributed by atoms with Gasteiger partial charge in [0, 0.05) is 10.4 Å². The number of carboxylic acid groups (broad SMARTS) is 1. The van der Waals surface area contributed by atoms with Crippen LogP contribution in [0.3, 0.4) is 0 Å². The molecule has 0 atom stereocenters. The van der Waals surface area contributed by atoms with Crippen molar-refractivity contribution in [2.45, 2.75) is 0 Å². The molecule has 2 rings (SSSR count). The Balaban J connectivity index is 2.94. The van der Waals surface area contributed by atoms with Gasteiger partial charge in [0.15, 0.2) is 0 Å². The van der Waals surface area contributed by atoms with Crippen LogP contribution in [-0.2, 0) is 4.74 Å². The van der Waals surface area contributed by atoms with Crippen molar-refractivity contribution in [1.82, 2.24) is 4.98 Å². The van der Waals surface area contributed by atoms with Crippen LogP contribution in [0.5, 0.6) is 0 Å². The highest BCUT2D eigenvalue weighted by Gasteiger charge is 2.20. The summed E-state index contributed by atoms with van der Waals surface area (Å²) in [6, 6.07) is 4.23. The molecule has 1 aromatic carbocycles. The highest BCUT2D eigenvalue weighted by Crippen LogP contribution is 2.17. The Labute approximate surface area is 111 Å². The number of aromatic nitrogens is 1. The number of methoxy groups -OCH3 is 1. The number of hydrogen-bond acceptors (Lipinski definition) is 5. The van der Waals surface area contributed by atoms with Crippen LogP contribution >= 0.6 is 11.6 Å². The van der Waals surface area contributed by atoms with Crippen molar-refractivity contribution >= 4 is 34.4 Å². The van der Waals surface area contributed by atoms with E-state index in [0.717, 1.165) is 7.11 Å². The Morgan fingerprint density at radius 1 is 1.37 bits per heavy atom. The molecule has 0 radical (unpaired) electrons. The summed E-state index contributed by atoms with van der Waals surface area (Å²) in [5.74, 6) is -2.73. The third-order valence-electron chi connectivity index (χ3n) is 2.56. The van der Waals surface area contributed by atoms with Crippen molar-refractivity contribution in [3.63, 3.8) is 0 Å². The first-order chi connectivity index (χ1) is 8.95. The first kappa shape index (κ1) is 13.1. The minimum Gasteiger partial charge on any atom is -0.543 e. The van der Waals surface area contributed by atoms with E-state index >= 15 is 0 Å². The molecule has 19 heavy (non-hydrogen) atoms. The third-order valence-corrected chi connectivity index (χ3v) is 2.79. The molecule has 0 amide bonds. The number of fused-ring (bicyclic) bond motifs is 1. The number of nitrogens with one attached hydrogen (secondary N) is 1. The highest BCUT2D eigenvalue weighted by atomic mass is 35.5. The number of benzene rings is 1. The molecule has 2 aromatic rings. The van der Waals surface area contributed by atoms with Gasteiger partial charge in [0.2, 0.25) is 5.43 Å². The first-order valence-electron chi connectivity index (χ1n) is 5.11. The fraction of sp³-hybridized carbons (Fsp3) is 0.0833. The largest absolute Gasteiger partial charge is 0.543 e. The molecule has 0 unspecified atom stereocenters. The normalized spacial score (nSPS) is 10.4. The summed E-state index contributed by atoms with van der Waals surface area (Å²) in [5.41, 5.74) is -1.79. The average molecular weight is 281 g/mol. The van der Waals surface area contributed by atoms with Gasteiger partial charge in [0.25, 0.3) is 0 Å². The number of halogens is 1. The number of pyridine rings is 1. The van der Waals surface area contributed by atoms with Gasteiger partial charge in [-0.25, -0.2) is 4.79 Å². The average Bonchev–Trinajstić information content (AvgIpc) is 2.37. The van der Waals surface area contributed by atoms with Gasteiger partial charge in [-0.15, -0.1) is 0 Å². The second kappa shape index (κ2) is 4.74. The quantitative estimate of drug-likeness (QED) is 0.799. The van der Waals surface area contributed by atoms with Gasteiger partial charge in [-0.1, -0.05) is 11.6 Å². The second-order valence-electron chi connectivity index (χ2n) is 3.67. The Morgan fingerprint density at radius 3 is 2.63 bits per heavy atom. The van der Waals surface area contributed by atoms with E-state index < -0.39 is 28.6 Å². The zero-order valence-electron chi connectivity index (χ0n) is 9.65. The molecule has 1 N–H and O–H groups in total. The Bertz CT molecular complexity index is 750. The number of carbonyl (C=O) groups is 2. The summed E-state index contributed by atoms with van der Waals surface area (Å²) in [6.07, 6.45) is 0. The van der Waals surface area contributed by atoms with Gasteiger partial charge >= 0.3 is 5.97 Å². The standard InChI is InChI=1S/C12H8ClNO5/c1-19-12(18)8-9(11(16)17)14-7-4-5(13)2-3-6(7)10(8)15/h2-4H,1H3,(H,14,15)(H,16,17)/p-1. The molecule has 0 bridgehead atoms. The van der Waals surface area contributed by atoms with Crippen molar-refractivity contribution in [2.75, 3.05) is 7.11 Å². The molecule has 0 aliphatic rings. The molecule has 0 saturated heterocycles. The molecule has 7 heteroatoms. The van der Waals surface area contributed by atoms with E-state index in [-0.39, 0.29) is 10.9 Å². The van der Waals surface area contributed by atoms with E-state index in [1.54, 1.807) is 0 Å². The number of aromatic carboxylic acids is 1. The lowest BCUT2D eigenvalue weighted by Crippen LogP contribution is -2.31. The van der Waals surface area contributed by atoms with Crippen LogP contribution < -0.4 is 10.5 Å². The van der Waals surface area contributed by atoms with Crippen molar-refractivity contribution in [3.8, 4) is 0 Å². The minimum absolute atomic E-state index is 0.134. The number of H-pyrrole nitrogens is 1. The number of ether oxygens (including phenoxy) is 1. The van der Waals surface area contributed by atoms with E-state index in [1.165, 1.54) is 18.2 Å². The maximum Gasteiger partial charge on any atom is 0.344 e. The van der Waals surface area contributed by atoms with Crippen molar-refractivity contribution in [1.29, 1.82) is 0 Å². The number of carboxylic acids is 1. The molecular formula is C12H7ClNO5-. The van der Waals surface area contributed by atoms with Crippen LogP contribution in [0.2, 0.25) is 5.02 Å². The predicted molar refractivity (Wildman–Crippen MR) is 65.2 cm³/mol. The number of carbonyl (C=O) groups excluding carboxylic acids is 2. The SMILES string of the molecule is COC(=O)c1c(C(=O)[O-])[nH]c2cc(Cl)ccc2c1=O. The van der Waals surface area contributed by atoms with Crippen LogP contribution in [0.25, 0.3) is 10.9 Å². The van der Waals surface area contributed by atoms with E-state index in [4.69, 9.17) is 11.6 Å². The summed E-state index contributed by atoms with van der Waals surface area (Å²) in [6.45, 7) is 0. The highest BCUT2D eigenvalue weighted by molar-refractivity contribution is 6.31. The lowest BCUT2D eigenvalue weighted by atomic mass is 10.1. The Hall–Kier alpha value is -2.34. The third kappa shape index (κ3) is 2.17. The summed E-state index contributed by atoms with van der Waals surface area (Å²) in [5, 5.41) is 11.5. The summed E-state index contributed by atoms with van der Waals surface area (Å²) < 4.78 is 4.40. The number of rotatable bonds is 2. The van der Waals surface area contributed by atoms with Gasteiger partial charge < -0.3 is 19.6 Å². The maximum absolute atomic E-state index is 12.1. The molecule has 0 saturated carbocycles. The molecule has 0 fully saturated rings. The fourth-order valence-electron chi connectivity index (χ4n) is 1.71. The van der Waals surface area contributed by atoms with E-state index in [0.29, 0.717) is 5.02 Å². The molecule has 0 aliphatic heterocycles. The molecular weight excluding hydrogens is 274 g/mol. The zero-order valence-corrected chi connectivity index (χ0v) is 10.4. The monoisotopic (exact) mass is 280 g/mol. The smallest absolute Gasteiger partial charge is 0.344 e. The number of aromatic amines is 1. The topological polar surface area (TPSA) is 99.3 Å². The van der Waals surface area contributed by atoms with Gasteiger partial charge in [-0.3, -0.25) is 4.79 Å². The van der Waals surface area contributed by atoms with E-state index in [9.17, 15) is 19.5 Å². The predicted octanol–water partition coefficient (Wildman–Crippen LogP) is 0.332. The Kier molecular flexibility index (Phi) is 3.26. The molecule has 0 spiro atoms.